The first-order valence-corrected chi connectivity index (χ1v) is 11.7. The van der Waals surface area contributed by atoms with Gasteiger partial charge in [-0.25, -0.2) is 0 Å². The molecule has 2 atom stereocenters. The van der Waals surface area contributed by atoms with Crippen LogP contribution in [0.4, 0.5) is 5.69 Å². The zero-order chi connectivity index (χ0) is 21.2. The van der Waals surface area contributed by atoms with E-state index in [1.54, 1.807) is 0 Å². The van der Waals surface area contributed by atoms with E-state index in [4.69, 9.17) is 9.47 Å². The van der Waals surface area contributed by atoms with Gasteiger partial charge in [0.05, 0.1) is 19.2 Å². The zero-order valence-electron chi connectivity index (χ0n) is 18.3. The fourth-order valence-corrected chi connectivity index (χ4v) is 4.10. The molecule has 0 bridgehead atoms. The number of nitrogens with one attached hydrogen (secondary N) is 1. The third-order valence-electron chi connectivity index (χ3n) is 6.52. The molecule has 1 amide bonds. The number of carbonyl (C=O) groups excluding carboxylic acids is 1. The van der Waals surface area contributed by atoms with E-state index < -0.39 is 0 Å². The van der Waals surface area contributed by atoms with Crippen LogP contribution in [0.1, 0.15) is 50.6 Å². The third-order valence-corrected chi connectivity index (χ3v) is 6.52. The van der Waals surface area contributed by atoms with Crippen molar-refractivity contribution >= 4 is 11.6 Å². The maximum absolute atomic E-state index is 12.0. The van der Waals surface area contributed by atoms with E-state index in [2.05, 4.69) is 46.6 Å². The first-order chi connectivity index (χ1) is 15.1. The summed E-state index contributed by atoms with van der Waals surface area (Å²) < 4.78 is 12.1. The third kappa shape index (κ3) is 5.33. The Morgan fingerprint density at radius 1 is 1.00 bits per heavy atom. The first-order valence-electron chi connectivity index (χ1n) is 11.7. The fourth-order valence-electron chi connectivity index (χ4n) is 4.10. The molecule has 0 aromatic heterocycles. The summed E-state index contributed by atoms with van der Waals surface area (Å²) in [6.07, 6.45) is 5.88. The van der Waals surface area contributed by atoms with Crippen molar-refractivity contribution in [2.75, 3.05) is 24.6 Å². The maximum atomic E-state index is 12.0. The monoisotopic (exact) mass is 420 g/mol. The average Bonchev–Trinajstić information content (AvgIpc) is 3.72. The van der Waals surface area contributed by atoms with Crippen LogP contribution in [0.3, 0.4) is 0 Å². The molecule has 5 heteroatoms. The van der Waals surface area contributed by atoms with Gasteiger partial charge in [-0.3, -0.25) is 4.79 Å². The van der Waals surface area contributed by atoms with Crippen LogP contribution < -0.4 is 19.7 Å². The first kappa shape index (κ1) is 20.2. The van der Waals surface area contributed by atoms with Crippen molar-refractivity contribution in [2.45, 2.75) is 51.2 Å². The van der Waals surface area contributed by atoms with E-state index in [9.17, 15) is 4.79 Å². The molecule has 2 aliphatic carbocycles. The lowest BCUT2D eigenvalue weighted by atomic mass is 10.1. The number of hydrogen-bond acceptors (Lipinski definition) is 4. The van der Waals surface area contributed by atoms with Crippen molar-refractivity contribution in [1.29, 1.82) is 0 Å². The average molecular weight is 421 g/mol. The molecule has 2 saturated carbocycles. The lowest BCUT2D eigenvalue weighted by Crippen LogP contribution is -2.27. The number of anilines is 1. The maximum Gasteiger partial charge on any atom is 0.223 e. The van der Waals surface area contributed by atoms with Crippen LogP contribution in [-0.2, 0) is 4.79 Å². The highest BCUT2D eigenvalue weighted by Gasteiger charge is 2.30. The molecule has 2 aromatic carbocycles. The Morgan fingerprint density at radius 3 is 2.39 bits per heavy atom. The molecule has 31 heavy (non-hydrogen) atoms. The predicted octanol–water partition coefficient (Wildman–Crippen LogP) is 4.72. The van der Waals surface area contributed by atoms with Gasteiger partial charge >= 0.3 is 0 Å². The summed E-state index contributed by atoms with van der Waals surface area (Å²) in [6.45, 7) is 4.77. The molecule has 5 nitrogen and oxygen atoms in total. The van der Waals surface area contributed by atoms with Gasteiger partial charge in [-0.05, 0) is 80.5 Å². The SMILES string of the molecule is CC(NC(=O)C1CC1)c1ccc(OC2CCN(c3ccc(OCC4CC4)cc3)C2)cc1. The summed E-state index contributed by atoms with van der Waals surface area (Å²) in [5.41, 5.74) is 2.33. The molecular formula is C26H32N2O3. The van der Waals surface area contributed by atoms with Gasteiger partial charge < -0.3 is 19.7 Å². The van der Waals surface area contributed by atoms with Crippen molar-refractivity contribution in [2.24, 2.45) is 11.8 Å². The van der Waals surface area contributed by atoms with E-state index in [-0.39, 0.29) is 24.0 Å². The molecule has 2 unspecified atom stereocenters. The largest absolute Gasteiger partial charge is 0.493 e. The van der Waals surface area contributed by atoms with Crippen molar-refractivity contribution in [3.63, 3.8) is 0 Å². The molecular weight excluding hydrogens is 388 g/mol. The fraction of sp³-hybridized carbons (Fsp3) is 0.500. The molecule has 1 aliphatic heterocycles. The number of amides is 1. The number of nitrogens with zero attached hydrogens (tertiary/aromatic N) is 1. The number of rotatable bonds is 9. The van der Waals surface area contributed by atoms with E-state index in [1.807, 2.05) is 19.1 Å². The molecule has 3 fully saturated rings. The number of ether oxygens (including phenoxy) is 2. The molecule has 2 aromatic rings. The minimum Gasteiger partial charge on any atom is -0.493 e. The van der Waals surface area contributed by atoms with E-state index in [0.29, 0.717) is 0 Å². The second-order valence-corrected chi connectivity index (χ2v) is 9.30. The standard InChI is InChI=1S/C26H32N2O3/c1-18(27-26(29)21-4-5-21)20-6-10-24(11-7-20)31-25-14-15-28(16-25)22-8-12-23(13-9-22)30-17-19-2-3-19/h6-13,18-19,21,25H,2-5,14-17H2,1H3,(H,27,29). The minimum absolute atomic E-state index is 0.0281. The molecule has 1 heterocycles. The molecule has 3 aliphatic rings. The van der Waals surface area contributed by atoms with Gasteiger partial charge in [0, 0.05) is 24.6 Å². The van der Waals surface area contributed by atoms with Gasteiger partial charge in [-0.2, -0.15) is 0 Å². The van der Waals surface area contributed by atoms with Crippen molar-refractivity contribution < 1.29 is 14.3 Å². The zero-order valence-corrected chi connectivity index (χ0v) is 18.3. The smallest absolute Gasteiger partial charge is 0.223 e. The van der Waals surface area contributed by atoms with Gasteiger partial charge in [0.15, 0.2) is 0 Å². The van der Waals surface area contributed by atoms with Crippen LogP contribution >= 0.6 is 0 Å². The number of carbonyl (C=O) groups is 1. The highest BCUT2D eigenvalue weighted by atomic mass is 16.5. The second-order valence-electron chi connectivity index (χ2n) is 9.30. The molecule has 164 valence electrons. The molecule has 1 N–H and O–H groups in total. The molecule has 0 radical (unpaired) electrons. The topological polar surface area (TPSA) is 50.8 Å². The normalized spacial score (nSPS) is 21.6. The van der Waals surface area contributed by atoms with Crippen LogP contribution in [0.5, 0.6) is 11.5 Å². The summed E-state index contributed by atoms with van der Waals surface area (Å²) in [5.74, 6) is 3.04. The van der Waals surface area contributed by atoms with Crippen LogP contribution in [0.15, 0.2) is 48.5 Å². The van der Waals surface area contributed by atoms with E-state index >= 15 is 0 Å². The van der Waals surface area contributed by atoms with Crippen molar-refractivity contribution in [3.05, 3.63) is 54.1 Å². The van der Waals surface area contributed by atoms with Gasteiger partial charge in [0.1, 0.15) is 17.6 Å². The lowest BCUT2D eigenvalue weighted by molar-refractivity contribution is -0.122. The number of hydrogen-bond donors (Lipinski definition) is 1. The van der Waals surface area contributed by atoms with E-state index in [0.717, 1.165) is 61.9 Å². The van der Waals surface area contributed by atoms with Crippen molar-refractivity contribution in [1.82, 2.24) is 5.32 Å². The van der Waals surface area contributed by atoms with Crippen LogP contribution in [-0.4, -0.2) is 31.7 Å². The Morgan fingerprint density at radius 2 is 1.71 bits per heavy atom. The highest BCUT2D eigenvalue weighted by molar-refractivity contribution is 5.81. The number of benzene rings is 2. The summed E-state index contributed by atoms with van der Waals surface area (Å²) in [5, 5.41) is 3.10. The van der Waals surface area contributed by atoms with Gasteiger partial charge in [0.2, 0.25) is 5.91 Å². The van der Waals surface area contributed by atoms with Gasteiger partial charge in [-0.15, -0.1) is 0 Å². The van der Waals surface area contributed by atoms with Gasteiger partial charge in [0.25, 0.3) is 0 Å². The molecule has 0 spiro atoms. The minimum atomic E-state index is 0.0281. The Bertz CT molecular complexity index is 888. The summed E-state index contributed by atoms with van der Waals surface area (Å²) in [4.78, 5) is 14.3. The Balaban J connectivity index is 1.10. The lowest BCUT2D eigenvalue weighted by Gasteiger charge is -2.20. The summed E-state index contributed by atoms with van der Waals surface area (Å²) in [7, 11) is 0. The van der Waals surface area contributed by atoms with Crippen molar-refractivity contribution in [3.8, 4) is 11.5 Å². The predicted molar refractivity (Wildman–Crippen MR) is 122 cm³/mol. The Labute approximate surface area is 184 Å². The summed E-state index contributed by atoms with van der Waals surface area (Å²) in [6, 6.07) is 16.6. The quantitative estimate of drug-likeness (QED) is 0.638. The highest BCUT2D eigenvalue weighted by Crippen LogP contribution is 2.31. The molecule has 5 rings (SSSR count). The van der Waals surface area contributed by atoms with Crippen LogP contribution in [0, 0.1) is 11.8 Å². The second kappa shape index (κ2) is 8.81. The van der Waals surface area contributed by atoms with Gasteiger partial charge in [-0.1, -0.05) is 12.1 Å². The summed E-state index contributed by atoms with van der Waals surface area (Å²) >= 11 is 0. The van der Waals surface area contributed by atoms with Crippen LogP contribution in [0.25, 0.3) is 0 Å². The Hall–Kier alpha value is -2.69. The molecule has 1 saturated heterocycles. The van der Waals surface area contributed by atoms with E-state index in [1.165, 1.54) is 18.5 Å². The van der Waals surface area contributed by atoms with Crippen LogP contribution in [0.2, 0.25) is 0 Å². The Kier molecular flexibility index (Phi) is 5.75.